The van der Waals surface area contributed by atoms with Crippen molar-refractivity contribution in [2.24, 2.45) is 0 Å². The van der Waals surface area contributed by atoms with Crippen molar-refractivity contribution in [3.63, 3.8) is 0 Å². The predicted octanol–water partition coefficient (Wildman–Crippen LogP) is 2.51. The summed E-state index contributed by atoms with van der Waals surface area (Å²) in [5.74, 6) is -0.00634. The smallest absolute Gasteiger partial charge is 0.224 e. The van der Waals surface area contributed by atoms with E-state index in [0.717, 1.165) is 11.3 Å². The van der Waals surface area contributed by atoms with Crippen LogP contribution in [-0.4, -0.2) is 15.9 Å². The van der Waals surface area contributed by atoms with E-state index in [0.29, 0.717) is 6.42 Å². The Labute approximate surface area is 119 Å². The van der Waals surface area contributed by atoms with Crippen LogP contribution >= 0.6 is 0 Å². The number of hydrogen-bond acceptors (Lipinski definition) is 3. The molecule has 0 saturated carbocycles. The number of aryl methyl sites for hydroxylation is 2. The number of carbonyl (C=O) groups is 1. The number of hydrogen-bond donors (Lipinski definition) is 1. The van der Waals surface area contributed by atoms with Gasteiger partial charge in [-0.25, -0.2) is 0 Å². The molecular formula is C16H19N3O. The minimum Gasteiger partial charge on any atom is -0.348 e. The van der Waals surface area contributed by atoms with Crippen molar-refractivity contribution in [1.29, 1.82) is 0 Å². The highest BCUT2D eigenvalue weighted by Gasteiger charge is 2.11. The molecule has 1 N–H and O–H groups in total. The first kappa shape index (κ1) is 14.2. The fourth-order valence-electron chi connectivity index (χ4n) is 2.26. The Bertz CT molecular complexity index is 576. The zero-order valence-electron chi connectivity index (χ0n) is 12.1. The summed E-state index contributed by atoms with van der Waals surface area (Å²) in [5, 5.41) is 2.94. The van der Waals surface area contributed by atoms with Crippen molar-refractivity contribution in [2.45, 2.75) is 33.2 Å². The number of benzene rings is 1. The zero-order valence-corrected chi connectivity index (χ0v) is 12.1. The molecule has 104 valence electrons. The van der Waals surface area contributed by atoms with Gasteiger partial charge in [-0.2, -0.15) is 0 Å². The molecule has 0 fully saturated rings. The normalized spacial score (nSPS) is 11.9. The maximum Gasteiger partial charge on any atom is 0.224 e. The van der Waals surface area contributed by atoms with Crippen LogP contribution in [0.15, 0.2) is 36.8 Å². The highest BCUT2D eigenvalue weighted by molar-refractivity contribution is 5.79. The van der Waals surface area contributed by atoms with Crippen LogP contribution in [0.2, 0.25) is 0 Å². The lowest BCUT2D eigenvalue weighted by molar-refractivity contribution is -0.121. The van der Waals surface area contributed by atoms with Gasteiger partial charge in [0.15, 0.2) is 0 Å². The number of nitrogens with one attached hydrogen (secondary N) is 1. The highest BCUT2D eigenvalue weighted by Crippen LogP contribution is 2.11. The molecule has 0 aliphatic rings. The van der Waals surface area contributed by atoms with Crippen molar-refractivity contribution in [3.05, 3.63) is 59.2 Å². The fraction of sp³-hybridized carbons (Fsp3) is 0.312. The van der Waals surface area contributed by atoms with Crippen LogP contribution in [0.1, 0.15) is 35.3 Å². The van der Waals surface area contributed by atoms with E-state index in [1.54, 1.807) is 18.6 Å². The third kappa shape index (κ3) is 3.88. The van der Waals surface area contributed by atoms with E-state index in [4.69, 9.17) is 0 Å². The highest BCUT2D eigenvalue weighted by atomic mass is 16.1. The van der Waals surface area contributed by atoms with Gasteiger partial charge in [0.2, 0.25) is 5.91 Å². The summed E-state index contributed by atoms with van der Waals surface area (Å²) in [6, 6.07) is 6.05. The molecule has 0 unspecified atom stereocenters. The van der Waals surface area contributed by atoms with Gasteiger partial charge in [0.1, 0.15) is 0 Å². The van der Waals surface area contributed by atoms with E-state index in [1.165, 1.54) is 11.1 Å². The SMILES string of the molecule is Cc1cc(C)cc(CC(=O)N[C@@H](C)c2cnccn2)c1. The Kier molecular flexibility index (Phi) is 4.45. The Balaban J connectivity index is 1.99. The zero-order chi connectivity index (χ0) is 14.5. The van der Waals surface area contributed by atoms with Gasteiger partial charge in [-0.1, -0.05) is 29.3 Å². The topological polar surface area (TPSA) is 54.9 Å². The van der Waals surface area contributed by atoms with Crippen LogP contribution in [0.4, 0.5) is 0 Å². The summed E-state index contributed by atoms with van der Waals surface area (Å²) >= 11 is 0. The van der Waals surface area contributed by atoms with E-state index in [2.05, 4.69) is 21.4 Å². The van der Waals surface area contributed by atoms with Gasteiger partial charge in [0, 0.05) is 12.4 Å². The monoisotopic (exact) mass is 269 g/mol. The van der Waals surface area contributed by atoms with Gasteiger partial charge in [-0.15, -0.1) is 0 Å². The molecule has 2 rings (SSSR count). The van der Waals surface area contributed by atoms with Gasteiger partial charge < -0.3 is 5.32 Å². The summed E-state index contributed by atoms with van der Waals surface area (Å²) in [5.41, 5.74) is 4.15. The molecule has 1 atom stereocenters. The molecular weight excluding hydrogens is 250 g/mol. The number of amides is 1. The Morgan fingerprint density at radius 1 is 1.20 bits per heavy atom. The second kappa shape index (κ2) is 6.28. The van der Waals surface area contributed by atoms with Gasteiger partial charge in [0.05, 0.1) is 24.4 Å². The van der Waals surface area contributed by atoms with Crippen LogP contribution in [-0.2, 0) is 11.2 Å². The molecule has 4 nitrogen and oxygen atoms in total. The average Bonchev–Trinajstić information content (AvgIpc) is 2.38. The molecule has 0 bridgehead atoms. The molecule has 0 aliphatic heterocycles. The van der Waals surface area contributed by atoms with Crippen LogP contribution in [0, 0.1) is 13.8 Å². The molecule has 0 aliphatic carbocycles. The second-order valence-electron chi connectivity index (χ2n) is 5.09. The Hall–Kier alpha value is -2.23. The second-order valence-corrected chi connectivity index (χ2v) is 5.09. The maximum atomic E-state index is 12.1. The number of nitrogens with zero attached hydrogens (tertiary/aromatic N) is 2. The maximum absolute atomic E-state index is 12.1. The van der Waals surface area contributed by atoms with Gasteiger partial charge in [0.25, 0.3) is 0 Å². The van der Waals surface area contributed by atoms with E-state index in [-0.39, 0.29) is 11.9 Å². The summed E-state index contributed by atoms with van der Waals surface area (Å²) in [6.45, 7) is 5.98. The first-order valence-corrected chi connectivity index (χ1v) is 6.67. The summed E-state index contributed by atoms with van der Waals surface area (Å²) in [7, 11) is 0. The molecule has 1 amide bonds. The fourth-order valence-corrected chi connectivity index (χ4v) is 2.26. The van der Waals surface area contributed by atoms with Crippen LogP contribution in [0.3, 0.4) is 0 Å². The van der Waals surface area contributed by atoms with Crippen molar-refractivity contribution in [2.75, 3.05) is 0 Å². The molecule has 0 spiro atoms. The van der Waals surface area contributed by atoms with Gasteiger partial charge >= 0.3 is 0 Å². The van der Waals surface area contributed by atoms with Crippen molar-refractivity contribution in [1.82, 2.24) is 15.3 Å². The minimum absolute atomic E-state index is 0.00634. The number of carbonyl (C=O) groups excluding carboxylic acids is 1. The van der Waals surface area contributed by atoms with E-state index in [1.807, 2.05) is 32.9 Å². The molecule has 0 radical (unpaired) electrons. The van der Waals surface area contributed by atoms with Gasteiger partial charge in [-0.05, 0) is 26.3 Å². The lowest BCUT2D eigenvalue weighted by Gasteiger charge is -2.13. The summed E-state index contributed by atoms with van der Waals surface area (Å²) in [4.78, 5) is 20.3. The predicted molar refractivity (Wildman–Crippen MR) is 78.2 cm³/mol. The largest absolute Gasteiger partial charge is 0.348 e. The first-order valence-electron chi connectivity index (χ1n) is 6.67. The lowest BCUT2D eigenvalue weighted by atomic mass is 10.0. The lowest BCUT2D eigenvalue weighted by Crippen LogP contribution is -2.28. The molecule has 2 aromatic rings. The van der Waals surface area contributed by atoms with Crippen LogP contribution < -0.4 is 5.32 Å². The number of rotatable bonds is 4. The average molecular weight is 269 g/mol. The van der Waals surface area contributed by atoms with E-state index >= 15 is 0 Å². The number of aromatic nitrogens is 2. The minimum atomic E-state index is -0.137. The van der Waals surface area contributed by atoms with Crippen LogP contribution in [0.5, 0.6) is 0 Å². The molecule has 1 aromatic heterocycles. The molecule has 0 saturated heterocycles. The van der Waals surface area contributed by atoms with E-state index in [9.17, 15) is 4.79 Å². The van der Waals surface area contributed by atoms with Crippen molar-refractivity contribution in [3.8, 4) is 0 Å². The molecule has 1 aromatic carbocycles. The third-order valence-electron chi connectivity index (χ3n) is 3.05. The molecule has 4 heteroatoms. The summed E-state index contributed by atoms with van der Waals surface area (Å²) < 4.78 is 0. The van der Waals surface area contributed by atoms with Crippen molar-refractivity contribution < 1.29 is 4.79 Å². The standard InChI is InChI=1S/C16H19N3O/c1-11-6-12(2)8-14(7-11)9-16(20)19-13(3)15-10-17-4-5-18-15/h4-8,10,13H,9H2,1-3H3,(H,19,20)/t13-/m0/s1. The first-order chi connectivity index (χ1) is 9.54. The van der Waals surface area contributed by atoms with Gasteiger partial charge in [-0.3, -0.25) is 14.8 Å². The molecule has 20 heavy (non-hydrogen) atoms. The van der Waals surface area contributed by atoms with Crippen LogP contribution in [0.25, 0.3) is 0 Å². The molecule has 1 heterocycles. The quantitative estimate of drug-likeness (QED) is 0.928. The summed E-state index contributed by atoms with van der Waals surface area (Å²) in [6.07, 6.45) is 5.30. The van der Waals surface area contributed by atoms with Crippen molar-refractivity contribution >= 4 is 5.91 Å². The Morgan fingerprint density at radius 2 is 1.90 bits per heavy atom. The van der Waals surface area contributed by atoms with E-state index < -0.39 is 0 Å². The third-order valence-corrected chi connectivity index (χ3v) is 3.05. The Morgan fingerprint density at radius 3 is 2.50 bits per heavy atom.